The van der Waals surface area contributed by atoms with Crippen molar-refractivity contribution in [1.82, 2.24) is 19.8 Å². The van der Waals surface area contributed by atoms with E-state index in [0.29, 0.717) is 28.3 Å². The number of nitrogens with zero attached hydrogens (tertiary/aromatic N) is 4. The molecule has 2 aromatic carbocycles. The van der Waals surface area contributed by atoms with E-state index in [1.165, 1.54) is 11.3 Å². The summed E-state index contributed by atoms with van der Waals surface area (Å²) in [4.78, 5) is 12.9. The lowest BCUT2D eigenvalue weighted by molar-refractivity contribution is -0.118. The Morgan fingerprint density at radius 2 is 1.90 bits per heavy atom. The Bertz CT molecular complexity index is 1180. The van der Waals surface area contributed by atoms with Crippen LogP contribution in [0.15, 0.2) is 42.5 Å². The summed E-state index contributed by atoms with van der Waals surface area (Å²) in [6.07, 6.45) is 0. The molecule has 2 aromatic heterocycles. The lowest BCUT2D eigenvalue weighted by Crippen LogP contribution is -2.20. The van der Waals surface area contributed by atoms with Gasteiger partial charge in [-0.05, 0) is 62.2 Å². The van der Waals surface area contributed by atoms with Gasteiger partial charge in [-0.2, -0.15) is 4.52 Å². The molecule has 0 aliphatic carbocycles. The smallest absolute Gasteiger partial charge is 0.264 e. The highest BCUT2D eigenvalue weighted by Crippen LogP contribution is 2.26. The zero-order valence-corrected chi connectivity index (χ0v) is 17.7. The molecule has 0 bridgehead atoms. The van der Waals surface area contributed by atoms with E-state index in [1.54, 1.807) is 4.52 Å². The molecule has 30 heavy (non-hydrogen) atoms. The van der Waals surface area contributed by atoms with Crippen LogP contribution in [-0.4, -0.2) is 38.9 Å². The van der Waals surface area contributed by atoms with Gasteiger partial charge in [-0.3, -0.25) is 10.1 Å². The Morgan fingerprint density at radius 1 is 1.10 bits per heavy atom. The first kappa shape index (κ1) is 19.8. The van der Waals surface area contributed by atoms with Gasteiger partial charge < -0.3 is 9.47 Å². The van der Waals surface area contributed by atoms with E-state index >= 15 is 0 Å². The number of aryl methyl sites for hydroxylation is 1. The molecule has 0 unspecified atom stereocenters. The lowest BCUT2D eigenvalue weighted by Gasteiger charge is -2.10. The van der Waals surface area contributed by atoms with Crippen LogP contribution in [0.2, 0.25) is 0 Å². The molecule has 4 rings (SSSR count). The summed E-state index contributed by atoms with van der Waals surface area (Å²) in [6.45, 7) is 6.42. The average molecular weight is 423 g/mol. The number of amides is 1. The number of rotatable bonds is 7. The van der Waals surface area contributed by atoms with Crippen LogP contribution in [0.1, 0.15) is 18.1 Å². The summed E-state index contributed by atoms with van der Waals surface area (Å²) in [5.41, 5.74) is 2.99. The molecule has 154 valence electrons. The van der Waals surface area contributed by atoms with E-state index in [0.717, 1.165) is 22.4 Å². The molecule has 0 atom stereocenters. The Balaban J connectivity index is 1.45. The molecule has 0 radical (unpaired) electrons. The summed E-state index contributed by atoms with van der Waals surface area (Å²) in [7, 11) is 0. The average Bonchev–Trinajstić information content (AvgIpc) is 3.30. The number of carbonyl (C=O) groups excluding carboxylic acids is 1. The van der Waals surface area contributed by atoms with Gasteiger partial charge in [0.05, 0.1) is 6.61 Å². The minimum Gasteiger partial charge on any atom is -0.494 e. The molecular weight excluding hydrogens is 402 g/mol. The highest BCUT2D eigenvalue weighted by molar-refractivity contribution is 7.20. The van der Waals surface area contributed by atoms with Crippen molar-refractivity contribution in [1.29, 1.82) is 0 Å². The number of carbonyl (C=O) groups is 1. The van der Waals surface area contributed by atoms with Gasteiger partial charge in [0.2, 0.25) is 10.1 Å². The van der Waals surface area contributed by atoms with Crippen molar-refractivity contribution in [2.45, 2.75) is 20.8 Å². The van der Waals surface area contributed by atoms with E-state index in [2.05, 4.69) is 20.6 Å². The Morgan fingerprint density at radius 3 is 2.67 bits per heavy atom. The highest BCUT2D eigenvalue weighted by atomic mass is 32.1. The van der Waals surface area contributed by atoms with Crippen LogP contribution in [0.5, 0.6) is 11.5 Å². The summed E-state index contributed by atoms with van der Waals surface area (Å²) < 4.78 is 12.7. The third-order valence-corrected chi connectivity index (χ3v) is 5.39. The molecule has 2 heterocycles. The summed E-state index contributed by atoms with van der Waals surface area (Å²) in [5.74, 6) is 1.79. The quantitative estimate of drug-likeness (QED) is 0.485. The van der Waals surface area contributed by atoms with Crippen molar-refractivity contribution in [2.75, 3.05) is 18.5 Å². The first-order chi connectivity index (χ1) is 14.5. The van der Waals surface area contributed by atoms with E-state index < -0.39 is 0 Å². The zero-order valence-electron chi connectivity index (χ0n) is 16.9. The van der Waals surface area contributed by atoms with Gasteiger partial charge in [-0.25, -0.2) is 0 Å². The van der Waals surface area contributed by atoms with Crippen LogP contribution < -0.4 is 14.8 Å². The Hall–Kier alpha value is -3.46. The number of benzene rings is 2. The maximum Gasteiger partial charge on any atom is 0.264 e. The van der Waals surface area contributed by atoms with Gasteiger partial charge in [0.15, 0.2) is 12.4 Å². The number of anilines is 1. The van der Waals surface area contributed by atoms with Crippen LogP contribution in [0.25, 0.3) is 16.3 Å². The SMILES string of the molecule is CCOc1ccc(-c2nnc3sc(NC(=O)COc4cccc(C)c4C)nn23)cc1. The minimum absolute atomic E-state index is 0.101. The van der Waals surface area contributed by atoms with E-state index in [1.807, 2.05) is 63.2 Å². The van der Waals surface area contributed by atoms with Gasteiger partial charge in [-0.1, -0.05) is 23.5 Å². The standard InChI is InChI=1S/C21H21N5O3S/c1-4-28-16-10-8-15(9-11-16)19-23-24-21-26(19)25-20(30-21)22-18(27)12-29-17-7-5-6-13(2)14(17)3/h5-11H,4,12H2,1-3H3,(H,22,25,27). The van der Waals surface area contributed by atoms with Crippen LogP contribution in [0, 0.1) is 13.8 Å². The predicted octanol–water partition coefficient (Wildman–Crippen LogP) is 3.89. The first-order valence-electron chi connectivity index (χ1n) is 9.49. The molecule has 4 aromatic rings. The summed E-state index contributed by atoms with van der Waals surface area (Å²) in [6, 6.07) is 13.3. The van der Waals surface area contributed by atoms with Crippen LogP contribution >= 0.6 is 11.3 Å². The fraction of sp³-hybridized carbons (Fsp3) is 0.238. The fourth-order valence-electron chi connectivity index (χ4n) is 2.89. The lowest BCUT2D eigenvalue weighted by atomic mass is 10.1. The molecule has 1 amide bonds. The normalized spacial score (nSPS) is 10.9. The summed E-state index contributed by atoms with van der Waals surface area (Å²) >= 11 is 1.25. The molecule has 1 N–H and O–H groups in total. The van der Waals surface area contributed by atoms with Crippen molar-refractivity contribution in [3.05, 3.63) is 53.6 Å². The van der Waals surface area contributed by atoms with Gasteiger partial charge in [0.1, 0.15) is 11.5 Å². The van der Waals surface area contributed by atoms with Gasteiger partial charge >= 0.3 is 0 Å². The Kier molecular flexibility index (Phi) is 5.62. The van der Waals surface area contributed by atoms with Crippen molar-refractivity contribution in [3.8, 4) is 22.9 Å². The van der Waals surface area contributed by atoms with Crippen molar-refractivity contribution in [2.24, 2.45) is 0 Å². The number of ether oxygens (including phenoxy) is 2. The zero-order chi connectivity index (χ0) is 21.1. The molecule has 0 spiro atoms. The number of aromatic nitrogens is 4. The number of hydrogen-bond donors (Lipinski definition) is 1. The Labute approximate surface area is 177 Å². The molecule has 8 nitrogen and oxygen atoms in total. The maximum absolute atomic E-state index is 12.3. The number of fused-ring (bicyclic) bond motifs is 1. The van der Waals surface area contributed by atoms with Crippen molar-refractivity contribution in [3.63, 3.8) is 0 Å². The molecule has 0 fully saturated rings. The van der Waals surface area contributed by atoms with Crippen molar-refractivity contribution >= 4 is 27.3 Å². The number of nitrogens with one attached hydrogen (secondary N) is 1. The first-order valence-corrected chi connectivity index (χ1v) is 10.3. The monoisotopic (exact) mass is 423 g/mol. The molecular formula is C21H21N5O3S. The summed E-state index contributed by atoms with van der Waals surface area (Å²) in [5, 5.41) is 16.0. The predicted molar refractivity (Wildman–Crippen MR) is 115 cm³/mol. The van der Waals surface area contributed by atoms with E-state index in [4.69, 9.17) is 9.47 Å². The topological polar surface area (TPSA) is 90.6 Å². The molecule has 0 saturated heterocycles. The van der Waals surface area contributed by atoms with Crippen molar-refractivity contribution < 1.29 is 14.3 Å². The van der Waals surface area contributed by atoms with E-state index in [-0.39, 0.29) is 12.5 Å². The highest BCUT2D eigenvalue weighted by Gasteiger charge is 2.15. The van der Waals surface area contributed by atoms with Crippen LogP contribution in [-0.2, 0) is 4.79 Å². The second-order valence-electron chi connectivity index (χ2n) is 6.62. The largest absolute Gasteiger partial charge is 0.494 e. The van der Waals surface area contributed by atoms with E-state index in [9.17, 15) is 4.79 Å². The number of hydrogen-bond acceptors (Lipinski definition) is 7. The maximum atomic E-state index is 12.3. The van der Waals surface area contributed by atoms with Gasteiger partial charge in [0, 0.05) is 5.56 Å². The molecule has 0 saturated carbocycles. The van der Waals surface area contributed by atoms with Crippen LogP contribution in [0.3, 0.4) is 0 Å². The molecule has 9 heteroatoms. The van der Waals surface area contributed by atoms with Gasteiger partial charge in [-0.15, -0.1) is 15.3 Å². The molecule has 0 aliphatic heterocycles. The second kappa shape index (κ2) is 8.50. The second-order valence-corrected chi connectivity index (χ2v) is 7.57. The third-order valence-electron chi connectivity index (χ3n) is 4.57. The van der Waals surface area contributed by atoms with Crippen LogP contribution in [0.4, 0.5) is 5.13 Å². The fourth-order valence-corrected chi connectivity index (χ4v) is 3.65. The third kappa shape index (κ3) is 4.11. The van der Waals surface area contributed by atoms with Gasteiger partial charge in [0.25, 0.3) is 5.91 Å². The minimum atomic E-state index is -0.288. The molecule has 0 aliphatic rings.